The van der Waals surface area contributed by atoms with Crippen LogP contribution < -0.4 is 5.32 Å². The van der Waals surface area contributed by atoms with E-state index >= 15 is 0 Å². The van der Waals surface area contributed by atoms with Crippen molar-refractivity contribution in [3.8, 4) is 0 Å². The first-order valence-corrected chi connectivity index (χ1v) is 8.73. The van der Waals surface area contributed by atoms with Crippen LogP contribution in [-0.2, 0) is 6.42 Å². The maximum absolute atomic E-state index is 14.2. The minimum Gasteiger partial charge on any atom is -0.309 e. The number of halogens is 2. The second kappa shape index (κ2) is 7.47. The number of nitrogens with one attached hydrogen (secondary N) is 1. The molecule has 0 saturated heterocycles. The molecule has 0 amide bonds. The maximum atomic E-state index is 14.2. The first-order chi connectivity index (χ1) is 10.0. The second-order valence-electron chi connectivity index (χ2n) is 5.13. The lowest BCUT2D eigenvalue weighted by atomic mass is 10.0. The molecule has 21 heavy (non-hydrogen) atoms. The maximum Gasteiger partial charge on any atom is 0.129 e. The summed E-state index contributed by atoms with van der Waals surface area (Å²) in [6, 6.07) is 5.22. The zero-order valence-electron chi connectivity index (χ0n) is 12.5. The van der Waals surface area contributed by atoms with Gasteiger partial charge < -0.3 is 5.32 Å². The van der Waals surface area contributed by atoms with Crippen LogP contribution in [-0.4, -0.2) is 11.5 Å². The Hall–Kier alpha value is -0.780. The minimum atomic E-state index is -0.178. The summed E-state index contributed by atoms with van der Waals surface area (Å²) in [5, 5.41) is 4.49. The van der Waals surface area contributed by atoms with E-state index in [1.54, 1.807) is 11.3 Å². The molecule has 2 aromatic rings. The van der Waals surface area contributed by atoms with Crippen LogP contribution in [0.5, 0.6) is 0 Å². The molecule has 2 nitrogen and oxygen atoms in total. The molecular formula is C16H20BrFN2S. The van der Waals surface area contributed by atoms with E-state index in [4.69, 9.17) is 0 Å². The summed E-state index contributed by atoms with van der Waals surface area (Å²) < 4.78 is 15.0. The number of nitrogens with zero attached hydrogens (tertiary/aromatic N) is 1. The van der Waals surface area contributed by atoms with E-state index in [9.17, 15) is 4.39 Å². The zero-order chi connectivity index (χ0) is 15.4. The Morgan fingerprint density at radius 3 is 2.71 bits per heavy atom. The average Bonchev–Trinajstić information content (AvgIpc) is 2.74. The van der Waals surface area contributed by atoms with Gasteiger partial charge in [0.15, 0.2) is 0 Å². The molecule has 0 fully saturated rings. The van der Waals surface area contributed by atoms with Crippen molar-refractivity contribution in [2.24, 2.45) is 0 Å². The molecule has 5 heteroatoms. The molecule has 114 valence electrons. The molecule has 1 aromatic carbocycles. The van der Waals surface area contributed by atoms with E-state index in [1.165, 1.54) is 10.9 Å². The van der Waals surface area contributed by atoms with Gasteiger partial charge >= 0.3 is 0 Å². The molecule has 1 atom stereocenters. The Bertz CT molecular complexity index is 593. The summed E-state index contributed by atoms with van der Waals surface area (Å²) in [7, 11) is 0. The van der Waals surface area contributed by atoms with Crippen molar-refractivity contribution in [1.29, 1.82) is 0 Å². The molecule has 0 radical (unpaired) electrons. The predicted octanol–water partition coefficient (Wildman–Crippen LogP) is 4.94. The lowest BCUT2D eigenvalue weighted by molar-refractivity contribution is 0.496. The van der Waals surface area contributed by atoms with Gasteiger partial charge in [-0.25, -0.2) is 9.37 Å². The Morgan fingerprint density at radius 1 is 1.38 bits per heavy atom. The third kappa shape index (κ3) is 4.34. The summed E-state index contributed by atoms with van der Waals surface area (Å²) in [5.41, 5.74) is 1.78. The van der Waals surface area contributed by atoms with E-state index < -0.39 is 0 Å². The number of rotatable bonds is 6. The quantitative estimate of drug-likeness (QED) is 0.778. The number of hydrogen-bond donors (Lipinski definition) is 1. The molecule has 1 N–H and O–H groups in total. The molecule has 0 aliphatic rings. The molecule has 1 aromatic heterocycles. The minimum absolute atomic E-state index is 0.0389. The first-order valence-electron chi connectivity index (χ1n) is 7.12. The lowest BCUT2D eigenvalue weighted by Gasteiger charge is -2.18. The molecule has 0 aliphatic heterocycles. The van der Waals surface area contributed by atoms with Crippen LogP contribution in [0.4, 0.5) is 4.39 Å². The van der Waals surface area contributed by atoms with Crippen molar-refractivity contribution in [1.82, 2.24) is 10.3 Å². The van der Waals surface area contributed by atoms with E-state index in [2.05, 4.69) is 40.1 Å². The van der Waals surface area contributed by atoms with Crippen molar-refractivity contribution in [2.75, 3.05) is 6.54 Å². The monoisotopic (exact) mass is 370 g/mol. The van der Waals surface area contributed by atoms with Crippen LogP contribution in [0.25, 0.3) is 0 Å². The Balaban J connectivity index is 2.24. The number of hydrogen-bond acceptors (Lipinski definition) is 3. The van der Waals surface area contributed by atoms with E-state index in [-0.39, 0.29) is 11.9 Å². The average molecular weight is 371 g/mol. The lowest BCUT2D eigenvalue weighted by Crippen LogP contribution is -2.25. The normalized spacial score (nSPS) is 12.6. The highest BCUT2D eigenvalue weighted by Crippen LogP contribution is 2.26. The van der Waals surface area contributed by atoms with Gasteiger partial charge in [-0.05, 0) is 38.9 Å². The van der Waals surface area contributed by atoms with Gasteiger partial charge in [0.1, 0.15) is 5.82 Å². The van der Waals surface area contributed by atoms with Gasteiger partial charge in [-0.3, -0.25) is 0 Å². The van der Waals surface area contributed by atoms with Crippen LogP contribution >= 0.6 is 27.3 Å². The van der Waals surface area contributed by atoms with Gasteiger partial charge in [0.05, 0.1) is 10.7 Å². The molecule has 0 aliphatic carbocycles. The summed E-state index contributed by atoms with van der Waals surface area (Å²) >= 11 is 5.00. The van der Waals surface area contributed by atoms with E-state index in [1.807, 2.05) is 19.1 Å². The highest BCUT2D eigenvalue weighted by molar-refractivity contribution is 9.10. The van der Waals surface area contributed by atoms with Gasteiger partial charge in [0.2, 0.25) is 0 Å². The van der Waals surface area contributed by atoms with Crippen LogP contribution in [0.3, 0.4) is 0 Å². The van der Waals surface area contributed by atoms with Crippen molar-refractivity contribution in [3.63, 3.8) is 0 Å². The van der Waals surface area contributed by atoms with Crippen LogP contribution in [0.15, 0.2) is 22.7 Å². The fourth-order valence-corrected chi connectivity index (χ4v) is 3.51. The Kier molecular flexibility index (Phi) is 5.90. The Labute approximate surface area is 137 Å². The van der Waals surface area contributed by atoms with Crippen LogP contribution in [0.2, 0.25) is 0 Å². The Morgan fingerprint density at radius 2 is 2.14 bits per heavy atom. The summed E-state index contributed by atoms with van der Waals surface area (Å²) in [6.45, 7) is 7.07. The molecule has 2 rings (SSSR count). The highest BCUT2D eigenvalue weighted by atomic mass is 79.9. The smallest absolute Gasteiger partial charge is 0.129 e. The summed E-state index contributed by atoms with van der Waals surface area (Å²) in [5.74, 6) is -0.178. The van der Waals surface area contributed by atoms with Gasteiger partial charge in [-0.15, -0.1) is 11.3 Å². The third-order valence-corrected chi connectivity index (χ3v) is 5.02. The van der Waals surface area contributed by atoms with Gasteiger partial charge in [-0.2, -0.15) is 0 Å². The van der Waals surface area contributed by atoms with Crippen molar-refractivity contribution in [3.05, 3.63) is 49.6 Å². The zero-order valence-corrected chi connectivity index (χ0v) is 14.9. The highest BCUT2D eigenvalue weighted by Gasteiger charge is 2.18. The third-order valence-electron chi connectivity index (χ3n) is 3.43. The number of thiazole rings is 1. The van der Waals surface area contributed by atoms with Crippen LogP contribution in [0, 0.1) is 19.7 Å². The largest absolute Gasteiger partial charge is 0.309 e. The fraction of sp³-hybridized carbons (Fsp3) is 0.438. The summed E-state index contributed by atoms with van der Waals surface area (Å²) in [4.78, 5) is 5.81. The van der Waals surface area contributed by atoms with Gasteiger partial charge in [0.25, 0.3) is 0 Å². The van der Waals surface area contributed by atoms with Gasteiger partial charge in [0, 0.05) is 27.4 Å². The molecular weight excluding hydrogens is 351 g/mol. The number of aryl methyl sites for hydroxylation is 2. The van der Waals surface area contributed by atoms with Crippen LogP contribution in [0.1, 0.15) is 40.5 Å². The van der Waals surface area contributed by atoms with E-state index in [0.717, 1.165) is 34.6 Å². The second-order valence-corrected chi connectivity index (χ2v) is 7.33. The predicted molar refractivity (Wildman–Crippen MR) is 90.4 cm³/mol. The van der Waals surface area contributed by atoms with Crippen molar-refractivity contribution in [2.45, 2.75) is 39.7 Å². The first kappa shape index (κ1) is 16.6. The molecule has 0 saturated carbocycles. The van der Waals surface area contributed by atoms with Gasteiger partial charge in [-0.1, -0.05) is 28.9 Å². The molecule has 0 bridgehead atoms. The standard InChI is InChI=1S/C16H20BrFN2S/c1-4-7-19-15(9-16-20-10(2)11(3)21-16)13-6-5-12(17)8-14(13)18/h5-6,8,15,19H,4,7,9H2,1-3H3. The molecule has 1 unspecified atom stereocenters. The topological polar surface area (TPSA) is 24.9 Å². The number of benzene rings is 1. The van der Waals surface area contributed by atoms with Crippen molar-refractivity contribution >= 4 is 27.3 Å². The molecule has 0 spiro atoms. The molecule has 1 heterocycles. The SMILES string of the molecule is CCCNC(Cc1nc(C)c(C)s1)c1ccc(Br)cc1F. The van der Waals surface area contributed by atoms with E-state index in [0.29, 0.717) is 5.56 Å². The fourth-order valence-electron chi connectivity index (χ4n) is 2.20. The number of aromatic nitrogens is 1. The van der Waals surface area contributed by atoms with Crippen molar-refractivity contribution < 1.29 is 4.39 Å². The summed E-state index contributed by atoms with van der Waals surface area (Å²) in [6.07, 6.45) is 1.74.